The highest BCUT2D eigenvalue weighted by Gasteiger charge is 2.45. The van der Waals surface area contributed by atoms with E-state index in [1.807, 2.05) is 51.1 Å². The molecule has 1 amide bonds. The van der Waals surface area contributed by atoms with Gasteiger partial charge in [0.25, 0.3) is 0 Å². The Morgan fingerprint density at radius 2 is 1.69 bits per heavy atom. The van der Waals surface area contributed by atoms with Crippen LogP contribution in [0.15, 0.2) is 59.5 Å². The molecule has 0 aliphatic carbocycles. The second kappa shape index (κ2) is 8.12. The zero-order chi connectivity index (χ0) is 21.2. The average molecular weight is 421 g/mol. The van der Waals surface area contributed by atoms with Crippen LogP contribution in [0.25, 0.3) is 0 Å². The first-order valence-corrected chi connectivity index (χ1v) is 10.8. The van der Waals surface area contributed by atoms with Crippen molar-refractivity contribution in [2.24, 2.45) is 0 Å². The number of sulfonamides is 1. The number of hydrogen-bond acceptors (Lipinski definition) is 4. The Hall–Kier alpha value is -2.45. The first-order chi connectivity index (χ1) is 13.6. The van der Waals surface area contributed by atoms with Gasteiger partial charge in [-0.15, -0.1) is 0 Å². The van der Waals surface area contributed by atoms with Crippen LogP contribution in [-0.4, -0.2) is 48.4 Å². The second-order valence-electron chi connectivity index (χ2n) is 8.01. The summed E-state index contributed by atoms with van der Waals surface area (Å²) < 4.78 is 45.2. The minimum Gasteiger partial charge on any atom is -0.445 e. The van der Waals surface area contributed by atoms with Crippen LogP contribution in [0.5, 0.6) is 0 Å². The molecule has 1 aliphatic rings. The summed E-state index contributed by atoms with van der Waals surface area (Å²) in [5.74, 6) is -0.495. The fraction of sp³-hybridized carbons (Fsp3) is 0.381. The zero-order valence-electron chi connectivity index (χ0n) is 16.7. The number of benzene rings is 2. The highest BCUT2D eigenvalue weighted by Crippen LogP contribution is 2.29. The third-order valence-electron chi connectivity index (χ3n) is 4.77. The molecule has 3 rings (SSSR count). The molecular weight excluding hydrogens is 395 g/mol. The van der Waals surface area contributed by atoms with Crippen LogP contribution in [0.4, 0.5) is 9.18 Å². The third kappa shape index (κ3) is 4.76. The van der Waals surface area contributed by atoms with Gasteiger partial charge < -0.3 is 4.74 Å². The van der Waals surface area contributed by atoms with Gasteiger partial charge in [0.15, 0.2) is 0 Å². The predicted molar refractivity (Wildman–Crippen MR) is 107 cm³/mol. The van der Waals surface area contributed by atoms with Crippen LogP contribution in [0.1, 0.15) is 26.3 Å². The molecule has 0 aromatic heterocycles. The number of carbonyl (C=O) groups excluding carboxylic acids is 1. The highest BCUT2D eigenvalue weighted by molar-refractivity contribution is 7.89. The summed E-state index contributed by atoms with van der Waals surface area (Å²) in [4.78, 5) is 14.4. The van der Waals surface area contributed by atoms with E-state index in [0.717, 1.165) is 17.7 Å². The monoisotopic (exact) mass is 420 g/mol. The standard InChI is InChI=1S/C21H25FN2O4S/c1-21(2,3)24(20(25)28-15-16-7-5-4-6-8-16)18-13-23(14-18)29(26,27)19-11-9-17(22)10-12-19/h4-12,18H,13-15H2,1-3H3. The van der Waals surface area contributed by atoms with Crippen LogP contribution in [0, 0.1) is 5.82 Å². The summed E-state index contributed by atoms with van der Waals surface area (Å²) in [5.41, 5.74) is 0.341. The van der Waals surface area contributed by atoms with E-state index in [1.54, 1.807) is 4.90 Å². The number of hydrogen-bond donors (Lipinski definition) is 0. The molecule has 1 saturated heterocycles. The largest absolute Gasteiger partial charge is 0.445 e. The van der Waals surface area contributed by atoms with Crippen molar-refractivity contribution in [1.82, 2.24) is 9.21 Å². The second-order valence-corrected chi connectivity index (χ2v) is 9.95. The van der Waals surface area contributed by atoms with Gasteiger partial charge in [0, 0.05) is 18.6 Å². The van der Waals surface area contributed by atoms with Crippen molar-refractivity contribution in [3.05, 3.63) is 66.0 Å². The van der Waals surface area contributed by atoms with Crippen molar-refractivity contribution in [1.29, 1.82) is 0 Å². The lowest BCUT2D eigenvalue weighted by atomic mass is 10.0. The zero-order valence-corrected chi connectivity index (χ0v) is 17.5. The van der Waals surface area contributed by atoms with E-state index in [9.17, 15) is 17.6 Å². The summed E-state index contributed by atoms with van der Waals surface area (Å²) in [7, 11) is -3.72. The maximum Gasteiger partial charge on any atom is 0.410 e. The third-order valence-corrected chi connectivity index (χ3v) is 6.62. The van der Waals surface area contributed by atoms with E-state index in [2.05, 4.69) is 0 Å². The van der Waals surface area contributed by atoms with Crippen molar-refractivity contribution in [2.45, 2.75) is 43.9 Å². The summed E-state index contributed by atoms with van der Waals surface area (Å²) in [6, 6.07) is 13.8. The molecule has 6 nitrogen and oxygen atoms in total. The Bertz CT molecular complexity index is 950. The fourth-order valence-electron chi connectivity index (χ4n) is 3.29. The average Bonchev–Trinajstić information content (AvgIpc) is 2.62. The molecule has 156 valence electrons. The summed E-state index contributed by atoms with van der Waals surface area (Å²) in [6.45, 7) is 6.13. The molecule has 0 spiro atoms. The Morgan fingerprint density at radius 1 is 1.10 bits per heavy atom. The van der Waals surface area contributed by atoms with Crippen molar-refractivity contribution < 1.29 is 22.3 Å². The lowest BCUT2D eigenvalue weighted by Crippen LogP contribution is -2.66. The molecule has 0 N–H and O–H groups in total. The van der Waals surface area contributed by atoms with E-state index < -0.39 is 27.5 Å². The molecule has 0 unspecified atom stereocenters. The lowest BCUT2D eigenvalue weighted by Gasteiger charge is -2.48. The normalized spacial score (nSPS) is 15.6. The molecule has 0 bridgehead atoms. The van der Waals surface area contributed by atoms with Crippen molar-refractivity contribution in [3.63, 3.8) is 0 Å². The van der Waals surface area contributed by atoms with Gasteiger partial charge in [-0.25, -0.2) is 17.6 Å². The molecular formula is C21H25FN2O4S. The maximum atomic E-state index is 13.1. The molecule has 1 heterocycles. The van der Waals surface area contributed by atoms with Gasteiger partial charge in [-0.1, -0.05) is 30.3 Å². The van der Waals surface area contributed by atoms with Gasteiger partial charge in [-0.2, -0.15) is 4.31 Å². The van der Waals surface area contributed by atoms with Crippen LogP contribution in [-0.2, 0) is 21.4 Å². The molecule has 0 saturated carbocycles. The first kappa shape index (κ1) is 21.3. The summed E-state index contributed by atoms with van der Waals surface area (Å²) in [6.07, 6.45) is -0.481. The highest BCUT2D eigenvalue weighted by atomic mass is 32.2. The van der Waals surface area contributed by atoms with Crippen LogP contribution < -0.4 is 0 Å². The van der Waals surface area contributed by atoms with Gasteiger partial charge in [0.1, 0.15) is 12.4 Å². The smallest absolute Gasteiger partial charge is 0.410 e. The van der Waals surface area contributed by atoms with Crippen LogP contribution in [0.3, 0.4) is 0 Å². The molecule has 2 aromatic rings. The molecule has 29 heavy (non-hydrogen) atoms. The first-order valence-electron chi connectivity index (χ1n) is 9.35. The quantitative estimate of drug-likeness (QED) is 0.741. The number of amides is 1. The van der Waals surface area contributed by atoms with Gasteiger partial charge in [0.05, 0.1) is 10.9 Å². The molecule has 2 aromatic carbocycles. The Balaban J connectivity index is 1.67. The molecule has 1 fully saturated rings. The number of rotatable bonds is 5. The molecule has 1 aliphatic heterocycles. The topological polar surface area (TPSA) is 66.9 Å². The predicted octanol–water partition coefficient (Wildman–Crippen LogP) is 3.64. The van der Waals surface area contributed by atoms with Crippen molar-refractivity contribution in [2.75, 3.05) is 13.1 Å². The van der Waals surface area contributed by atoms with Crippen molar-refractivity contribution >= 4 is 16.1 Å². The van der Waals surface area contributed by atoms with Gasteiger partial charge in [-0.05, 0) is 50.6 Å². The Morgan fingerprint density at radius 3 is 2.24 bits per heavy atom. The SMILES string of the molecule is CC(C)(C)N(C(=O)OCc1ccccc1)C1CN(S(=O)(=O)c2ccc(F)cc2)C1. The molecule has 0 atom stereocenters. The Kier molecular flexibility index (Phi) is 5.95. The van der Waals surface area contributed by atoms with Gasteiger partial charge >= 0.3 is 6.09 Å². The lowest BCUT2D eigenvalue weighted by molar-refractivity contribution is 0.00582. The Labute approximate surface area is 170 Å². The molecule has 0 radical (unpaired) electrons. The van der Waals surface area contributed by atoms with E-state index in [1.165, 1.54) is 16.4 Å². The summed E-state index contributed by atoms with van der Waals surface area (Å²) in [5, 5.41) is 0. The minimum absolute atomic E-state index is 0.0336. The number of halogens is 1. The van der Waals surface area contributed by atoms with Gasteiger partial charge in [0.2, 0.25) is 10.0 Å². The van der Waals surface area contributed by atoms with Crippen molar-refractivity contribution in [3.8, 4) is 0 Å². The van der Waals surface area contributed by atoms with E-state index in [4.69, 9.17) is 4.74 Å². The number of carbonyl (C=O) groups is 1. The van der Waals surface area contributed by atoms with E-state index in [0.29, 0.717) is 0 Å². The van der Waals surface area contributed by atoms with E-state index >= 15 is 0 Å². The maximum absolute atomic E-state index is 13.1. The van der Waals surface area contributed by atoms with E-state index in [-0.39, 0.29) is 30.6 Å². The van der Waals surface area contributed by atoms with Crippen LogP contribution in [0.2, 0.25) is 0 Å². The fourth-order valence-corrected chi connectivity index (χ4v) is 4.81. The molecule has 8 heteroatoms. The summed E-state index contributed by atoms with van der Waals surface area (Å²) >= 11 is 0. The van der Waals surface area contributed by atoms with Gasteiger partial charge in [-0.3, -0.25) is 4.90 Å². The number of nitrogens with zero attached hydrogens (tertiary/aromatic N) is 2. The minimum atomic E-state index is -3.72. The number of ether oxygens (including phenoxy) is 1. The van der Waals surface area contributed by atoms with Crippen LogP contribution >= 0.6 is 0 Å².